The van der Waals surface area contributed by atoms with Crippen LogP contribution >= 0.6 is 0 Å². The number of hydrogen-bond acceptors (Lipinski definition) is 5. The summed E-state index contributed by atoms with van der Waals surface area (Å²) < 4.78 is 1.92. The van der Waals surface area contributed by atoms with E-state index in [1.807, 2.05) is 30.8 Å². The van der Waals surface area contributed by atoms with E-state index in [2.05, 4.69) is 44.3 Å². The SMILES string of the molecule is Cc1nn(C)c(C)c1Cc1ccc(NC(=O)C2CCCN(c3ncccn3)C2)cc1. The Morgan fingerprint density at radius 3 is 2.57 bits per heavy atom. The molecule has 1 aliphatic heterocycles. The average Bonchev–Trinajstić information content (AvgIpc) is 3.01. The average molecular weight is 405 g/mol. The van der Waals surface area contributed by atoms with Crippen molar-refractivity contribution < 1.29 is 4.79 Å². The summed E-state index contributed by atoms with van der Waals surface area (Å²) in [6.07, 6.45) is 6.16. The highest BCUT2D eigenvalue weighted by atomic mass is 16.1. The maximum Gasteiger partial charge on any atom is 0.229 e. The van der Waals surface area contributed by atoms with Crippen LogP contribution in [0.2, 0.25) is 0 Å². The van der Waals surface area contributed by atoms with Crippen molar-refractivity contribution in [1.29, 1.82) is 0 Å². The van der Waals surface area contributed by atoms with Gasteiger partial charge in [0.1, 0.15) is 0 Å². The van der Waals surface area contributed by atoms with Gasteiger partial charge in [-0.2, -0.15) is 5.10 Å². The molecule has 2 aromatic heterocycles. The minimum atomic E-state index is -0.0667. The van der Waals surface area contributed by atoms with E-state index < -0.39 is 0 Å². The second-order valence-electron chi connectivity index (χ2n) is 7.97. The van der Waals surface area contributed by atoms with E-state index in [-0.39, 0.29) is 11.8 Å². The highest BCUT2D eigenvalue weighted by Gasteiger charge is 2.27. The molecule has 156 valence electrons. The number of benzene rings is 1. The molecule has 7 nitrogen and oxygen atoms in total. The molecule has 0 bridgehead atoms. The van der Waals surface area contributed by atoms with Crippen LogP contribution in [-0.4, -0.2) is 38.7 Å². The van der Waals surface area contributed by atoms with Crippen LogP contribution in [0.1, 0.15) is 35.4 Å². The normalized spacial score (nSPS) is 16.5. The number of rotatable bonds is 5. The van der Waals surface area contributed by atoms with E-state index in [0.717, 1.165) is 37.2 Å². The minimum absolute atomic E-state index is 0.0577. The van der Waals surface area contributed by atoms with Gasteiger partial charge in [0.05, 0.1) is 11.6 Å². The van der Waals surface area contributed by atoms with Gasteiger partial charge < -0.3 is 10.2 Å². The predicted molar refractivity (Wildman–Crippen MR) is 118 cm³/mol. The second-order valence-corrected chi connectivity index (χ2v) is 7.97. The quantitative estimate of drug-likeness (QED) is 0.706. The molecule has 1 aromatic carbocycles. The van der Waals surface area contributed by atoms with Crippen LogP contribution in [0.25, 0.3) is 0 Å². The van der Waals surface area contributed by atoms with Crippen molar-refractivity contribution in [3.63, 3.8) is 0 Å². The van der Waals surface area contributed by atoms with E-state index in [0.29, 0.717) is 12.5 Å². The van der Waals surface area contributed by atoms with Crippen LogP contribution in [-0.2, 0) is 18.3 Å². The number of aromatic nitrogens is 4. The summed E-state index contributed by atoms with van der Waals surface area (Å²) in [5.41, 5.74) is 5.55. The minimum Gasteiger partial charge on any atom is -0.340 e. The fraction of sp³-hybridized carbons (Fsp3) is 0.391. The molecule has 1 N–H and O–H groups in total. The van der Waals surface area contributed by atoms with Gasteiger partial charge in [-0.25, -0.2) is 9.97 Å². The van der Waals surface area contributed by atoms with E-state index in [9.17, 15) is 4.79 Å². The summed E-state index contributed by atoms with van der Waals surface area (Å²) in [4.78, 5) is 23.5. The van der Waals surface area contributed by atoms with Crippen LogP contribution in [0.4, 0.5) is 11.6 Å². The zero-order valence-corrected chi connectivity index (χ0v) is 17.8. The predicted octanol–water partition coefficient (Wildman–Crippen LogP) is 3.27. The summed E-state index contributed by atoms with van der Waals surface area (Å²) in [7, 11) is 1.97. The van der Waals surface area contributed by atoms with Crippen molar-refractivity contribution in [3.8, 4) is 0 Å². The third kappa shape index (κ3) is 4.35. The van der Waals surface area contributed by atoms with Crippen LogP contribution in [0.3, 0.4) is 0 Å². The van der Waals surface area contributed by atoms with E-state index >= 15 is 0 Å². The van der Waals surface area contributed by atoms with Crippen LogP contribution < -0.4 is 10.2 Å². The Bertz CT molecular complexity index is 1010. The Labute approximate surface area is 177 Å². The molecule has 1 fully saturated rings. The number of hydrogen-bond donors (Lipinski definition) is 1. The van der Waals surface area contributed by atoms with Crippen molar-refractivity contribution >= 4 is 17.5 Å². The van der Waals surface area contributed by atoms with Gasteiger partial charge in [0.25, 0.3) is 0 Å². The van der Waals surface area contributed by atoms with Gasteiger partial charge >= 0.3 is 0 Å². The number of piperidine rings is 1. The molecular weight excluding hydrogens is 376 g/mol. The molecule has 3 aromatic rings. The van der Waals surface area contributed by atoms with E-state index in [1.54, 1.807) is 18.5 Å². The molecule has 7 heteroatoms. The van der Waals surface area contributed by atoms with Gasteiger partial charge in [-0.15, -0.1) is 0 Å². The van der Waals surface area contributed by atoms with Crippen molar-refractivity contribution in [1.82, 2.24) is 19.7 Å². The molecule has 1 atom stereocenters. The van der Waals surface area contributed by atoms with Crippen LogP contribution in [0.5, 0.6) is 0 Å². The van der Waals surface area contributed by atoms with Gasteiger partial charge in [0.15, 0.2) is 0 Å². The van der Waals surface area contributed by atoms with E-state index in [1.165, 1.54) is 16.8 Å². The van der Waals surface area contributed by atoms with Gasteiger partial charge in [-0.05, 0) is 50.5 Å². The Kier molecular flexibility index (Phi) is 5.79. The Hall–Kier alpha value is -3.22. The summed E-state index contributed by atoms with van der Waals surface area (Å²) in [6, 6.07) is 9.92. The molecule has 1 saturated heterocycles. The Morgan fingerprint density at radius 2 is 1.90 bits per heavy atom. The Balaban J connectivity index is 1.37. The van der Waals surface area contributed by atoms with Crippen molar-refractivity contribution in [3.05, 3.63) is 65.2 Å². The summed E-state index contributed by atoms with van der Waals surface area (Å²) in [5.74, 6) is 0.686. The van der Waals surface area contributed by atoms with Crippen LogP contribution in [0, 0.1) is 19.8 Å². The first-order chi connectivity index (χ1) is 14.5. The van der Waals surface area contributed by atoms with Crippen molar-refractivity contribution in [2.75, 3.05) is 23.3 Å². The fourth-order valence-corrected chi connectivity index (χ4v) is 4.06. The first-order valence-corrected chi connectivity index (χ1v) is 10.4. The first-order valence-electron chi connectivity index (χ1n) is 10.4. The number of carbonyl (C=O) groups excluding carboxylic acids is 1. The van der Waals surface area contributed by atoms with Gasteiger partial charge in [-0.1, -0.05) is 12.1 Å². The van der Waals surface area contributed by atoms with Gasteiger partial charge in [-0.3, -0.25) is 9.48 Å². The number of carbonyl (C=O) groups is 1. The zero-order chi connectivity index (χ0) is 21.1. The summed E-state index contributed by atoms with van der Waals surface area (Å²) >= 11 is 0. The maximum atomic E-state index is 12.8. The molecule has 0 spiro atoms. The summed E-state index contributed by atoms with van der Waals surface area (Å²) in [6.45, 7) is 5.67. The summed E-state index contributed by atoms with van der Waals surface area (Å²) in [5, 5.41) is 7.57. The molecule has 30 heavy (non-hydrogen) atoms. The zero-order valence-electron chi connectivity index (χ0n) is 17.8. The van der Waals surface area contributed by atoms with Gasteiger partial charge in [0.2, 0.25) is 11.9 Å². The number of nitrogens with one attached hydrogen (secondary N) is 1. The lowest BCUT2D eigenvalue weighted by Gasteiger charge is -2.31. The number of anilines is 2. The molecule has 4 rings (SSSR count). The molecule has 0 radical (unpaired) electrons. The van der Waals surface area contributed by atoms with Gasteiger partial charge in [0, 0.05) is 55.9 Å². The molecule has 1 aliphatic rings. The lowest BCUT2D eigenvalue weighted by atomic mass is 9.97. The molecule has 0 aliphatic carbocycles. The molecule has 1 unspecified atom stereocenters. The maximum absolute atomic E-state index is 12.8. The lowest BCUT2D eigenvalue weighted by Crippen LogP contribution is -2.41. The third-order valence-corrected chi connectivity index (χ3v) is 5.89. The van der Waals surface area contributed by atoms with E-state index in [4.69, 9.17) is 0 Å². The first kappa shape index (κ1) is 20.1. The topological polar surface area (TPSA) is 75.9 Å². The number of aryl methyl sites for hydroxylation is 2. The Morgan fingerprint density at radius 1 is 1.17 bits per heavy atom. The second kappa shape index (κ2) is 8.65. The largest absolute Gasteiger partial charge is 0.340 e. The third-order valence-electron chi connectivity index (χ3n) is 5.89. The molecular formula is C23H28N6O. The standard InChI is InChI=1S/C23H28N6O/c1-16-21(17(2)28(3)27-16)14-18-7-9-20(10-8-18)26-22(30)19-6-4-13-29(15-19)23-24-11-5-12-25-23/h5,7-12,19H,4,6,13-15H2,1-3H3,(H,26,30). The number of amides is 1. The number of nitrogens with zero attached hydrogens (tertiary/aromatic N) is 5. The highest BCUT2D eigenvalue weighted by Crippen LogP contribution is 2.23. The highest BCUT2D eigenvalue weighted by molar-refractivity contribution is 5.93. The lowest BCUT2D eigenvalue weighted by molar-refractivity contribution is -0.120. The molecule has 1 amide bonds. The van der Waals surface area contributed by atoms with Crippen molar-refractivity contribution in [2.24, 2.45) is 13.0 Å². The molecule has 3 heterocycles. The monoisotopic (exact) mass is 404 g/mol. The smallest absolute Gasteiger partial charge is 0.229 e. The van der Waals surface area contributed by atoms with Crippen molar-refractivity contribution in [2.45, 2.75) is 33.1 Å². The molecule has 0 saturated carbocycles. The van der Waals surface area contributed by atoms with Crippen LogP contribution in [0.15, 0.2) is 42.7 Å². The fourth-order valence-electron chi connectivity index (χ4n) is 4.06.